The van der Waals surface area contributed by atoms with Crippen molar-refractivity contribution >= 4 is 0 Å². The third-order valence-electron chi connectivity index (χ3n) is 4.96. The number of nitrogens with zero attached hydrogens (tertiary/aromatic N) is 5. The van der Waals surface area contributed by atoms with Gasteiger partial charge in [0.2, 0.25) is 0 Å². The second kappa shape index (κ2) is 4.27. The summed E-state index contributed by atoms with van der Waals surface area (Å²) in [7, 11) is 0. The zero-order valence-corrected chi connectivity index (χ0v) is 11.9. The Morgan fingerprint density at radius 2 is 2.09 bits per heavy atom. The lowest BCUT2D eigenvalue weighted by atomic mass is 9.83. The highest BCUT2D eigenvalue weighted by Crippen LogP contribution is 2.48. The third kappa shape index (κ3) is 1.45. The van der Waals surface area contributed by atoms with Gasteiger partial charge in [0.05, 0.1) is 36.2 Å². The Labute approximate surface area is 127 Å². The maximum Gasteiger partial charge on any atom is 0.102 e. The van der Waals surface area contributed by atoms with Crippen LogP contribution in [0.15, 0.2) is 43.0 Å². The number of hydrogen-bond acceptors (Lipinski definition) is 4. The molecule has 0 saturated heterocycles. The lowest BCUT2D eigenvalue weighted by molar-refractivity contribution is 0.0524. The van der Waals surface area contributed by atoms with Gasteiger partial charge in [0.15, 0.2) is 0 Å². The van der Waals surface area contributed by atoms with Crippen molar-refractivity contribution in [3.05, 3.63) is 54.2 Å². The number of fused-ring (bicyclic) bond motifs is 4. The molecule has 5 rings (SSSR count). The van der Waals surface area contributed by atoms with Gasteiger partial charge in [0.25, 0.3) is 0 Å². The average Bonchev–Trinajstić information content (AvgIpc) is 3.23. The summed E-state index contributed by atoms with van der Waals surface area (Å²) < 4.78 is 3.99. The molecular formula is C16H15N5O. The van der Waals surface area contributed by atoms with Gasteiger partial charge < -0.3 is 9.67 Å². The van der Waals surface area contributed by atoms with E-state index in [1.54, 1.807) is 10.9 Å². The molecule has 3 atom stereocenters. The number of aromatic nitrogens is 5. The summed E-state index contributed by atoms with van der Waals surface area (Å²) >= 11 is 0. The molecule has 0 aliphatic carbocycles. The van der Waals surface area contributed by atoms with Crippen molar-refractivity contribution in [2.24, 2.45) is 5.92 Å². The van der Waals surface area contributed by atoms with Crippen molar-refractivity contribution in [1.29, 1.82) is 0 Å². The molecule has 1 unspecified atom stereocenters. The minimum atomic E-state index is -0.560. The van der Waals surface area contributed by atoms with Gasteiger partial charge in [-0.1, -0.05) is 29.5 Å². The van der Waals surface area contributed by atoms with Crippen LogP contribution in [0.5, 0.6) is 0 Å². The van der Waals surface area contributed by atoms with E-state index < -0.39 is 6.10 Å². The molecule has 0 amide bonds. The molecule has 22 heavy (non-hydrogen) atoms. The second-order valence-corrected chi connectivity index (χ2v) is 6.00. The Bertz CT molecular complexity index is 852. The molecule has 0 saturated carbocycles. The number of imidazole rings is 1. The largest absolute Gasteiger partial charge is 0.386 e. The van der Waals surface area contributed by atoms with Crippen LogP contribution >= 0.6 is 0 Å². The molecule has 0 bridgehead atoms. The Morgan fingerprint density at radius 1 is 1.18 bits per heavy atom. The highest BCUT2D eigenvalue weighted by atomic mass is 16.3. The fraction of sp³-hybridized carbons (Fsp3) is 0.312. The van der Waals surface area contributed by atoms with Crippen LogP contribution in [0.1, 0.15) is 29.8 Å². The lowest BCUT2D eigenvalue weighted by Gasteiger charge is -2.33. The van der Waals surface area contributed by atoms with E-state index in [1.165, 1.54) is 11.1 Å². The van der Waals surface area contributed by atoms with E-state index >= 15 is 0 Å². The number of aryl methyl sites for hydroxylation is 1. The summed E-state index contributed by atoms with van der Waals surface area (Å²) in [5, 5.41) is 18.8. The Kier molecular flexibility index (Phi) is 2.35. The van der Waals surface area contributed by atoms with Gasteiger partial charge in [-0.05, 0) is 12.0 Å². The van der Waals surface area contributed by atoms with Gasteiger partial charge in [-0.3, -0.25) is 0 Å². The zero-order chi connectivity index (χ0) is 14.7. The molecule has 4 heterocycles. The summed E-state index contributed by atoms with van der Waals surface area (Å²) in [6.45, 7) is 0.791. The molecule has 1 aromatic carbocycles. The third-order valence-corrected chi connectivity index (χ3v) is 4.96. The van der Waals surface area contributed by atoms with Crippen molar-refractivity contribution in [3.8, 4) is 11.3 Å². The highest BCUT2D eigenvalue weighted by molar-refractivity contribution is 5.69. The monoisotopic (exact) mass is 293 g/mol. The van der Waals surface area contributed by atoms with Crippen LogP contribution in [0.2, 0.25) is 0 Å². The van der Waals surface area contributed by atoms with Crippen LogP contribution in [0.4, 0.5) is 0 Å². The second-order valence-electron chi connectivity index (χ2n) is 6.00. The molecule has 2 aromatic heterocycles. The molecular weight excluding hydrogens is 278 g/mol. The van der Waals surface area contributed by atoms with Crippen molar-refractivity contribution in [2.75, 3.05) is 0 Å². The molecule has 110 valence electrons. The summed E-state index contributed by atoms with van der Waals surface area (Å²) in [4.78, 5) is 4.30. The Balaban J connectivity index is 1.65. The molecule has 2 aliphatic heterocycles. The number of aliphatic hydroxyl groups excluding tert-OH is 1. The zero-order valence-electron chi connectivity index (χ0n) is 11.9. The van der Waals surface area contributed by atoms with E-state index in [-0.39, 0.29) is 12.0 Å². The van der Waals surface area contributed by atoms with Crippen molar-refractivity contribution in [2.45, 2.75) is 25.1 Å². The van der Waals surface area contributed by atoms with Crippen molar-refractivity contribution < 1.29 is 5.11 Å². The maximum atomic E-state index is 10.8. The topological polar surface area (TPSA) is 68.8 Å². The molecule has 2 aliphatic rings. The van der Waals surface area contributed by atoms with E-state index in [9.17, 15) is 5.11 Å². The fourth-order valence-corrected chi connectivity index (χ4v) is 3.96. The quantitative estimate of drug-likeness (QED) is 0.743. The molecule has 0 spiro atoms. The molecule has 0 fully saturated rings. The number of benzene rings is 1. The van der Waals surface area contributed by atoms with Crippen molar-refractivity contribution in [1.82, 2.24) is 24.5 Å². The van der Waals surface area contributed by atoms with Crippen LogP contribution in [0.25, 0.3) is 11.3 Å². The van der Waals surface area contributed by atoms with Crippen LogP contribution < -0.4 is 0 Å². The van der Waals surface area contributed by atoms with E-state index in [1.807, 2.05) is 12.5 Å². The summed E-state index contributed by atoms with van der Waals surface area (Å²) in [5.41, 5.74) is 4.42. The summed E-state index contributed by atoms with van der Waals surface area (Å²) in [6, 6.07) is 8.52. The average molecular weight is 293 g/mol. The minimum Gasteiger partial charge on any atom is -0.386 e. The Hall–Kier alpha value is -2.47. The van der Waals surface area contributed by atoms with Crippen molar-refractivity contribution in [3.63, 3.8) is 0 Å². The van der Waals surface area contributed by atoms with E-state index in [2.05, 4.69) is 44.1 Å². The molecule has 0 radical (unpaired) electrons. The first-order valence-corrected chi connectivity index (χ1v) is 7.52. The summed E-state index contributed by atoms with van der Waals surface area (Å²) in [5.74, 6) is 0.0996. The van der Waals surface area contributed by atoms with Crippen LogP contribution in [0.3, 0.4) is 0 Å². The first-order valence-electron chi connectivity index (χ1n) is 7.52. The first kappa shape index (κ1) is 12.1. The smallest absolute Gasteiger partial charge is 0.102 e. The SMILES string of the molecule is O[C@@H]1c2cnnn2CC[C@@H]1C1c2ccccc2-c2cncn21. The number of aliphatic hydroxyl groups is 1. The first-order chi connectivity index (χ1) is 10.8. The normalized spacial score (nSPS) is 25.6. The number of rotatable bonds is 1. The van der Waals surface area contributed by atoms with Gasteiger partial charge in [-0.25, -0.2) is 9.67 Å². The van der Waals surface area contributed by atoms with Gasteiger partial charge in [0.1, 0.15) is 6.10 Å². The van der Waals surface area contributed by atoms with Gasteiger partial charge in [-0.15, -0.1) is 5.10 Å². The fourth-order valence-electron chi connectivity index (χ4n) is 3.96. The predicted octanol–water partition coefficient (Wildman–Crippen LogP) is 1.80. The van der Waals surface area contributed by atoms with Gasteiger partial charge in [-0.2, -0.15) is 0 Å². The van der Waals surface area contributed by atoms with Gasteiger partial charge >= 0.3 is 0 Å². The van der Waals surface area contributed by atoms with E-state index in [4.69, 9.17) is 0 Å². The van der Waals surface area contributed by atoms with E-state index in [0.29, 0.717) is 0 Å². The molecule has 3 aromatic rings. The molecule has 6 heteroatoms. The molecule has 6 nitrogen and oxygen atoms in total. The lowest BCUT2D eigenvalue weighted by Crippen LogP contribution is -2.31. The van der Waals surface area contributed by atoms with Crippen LogP contribution in [-0.4, -0.2) is 29.7 Å². The number of hydrogen-bond donors (Lipinski definition) is 1. The maximum absolute atomic E-state index is 10.8. The summed E-state index contributed by atoms with van der Waals surface area (Å²) in [6.07, 6.45) is 5.76. The van der Waals surface area contributed by atoms with Crippen LogP contribution in [-0.2, 0) is 6.54 Å². The molecule has 1 N–H and O–H groups in total. The minimum absolute atomic E-state index is 0.0996. The van der Waals surface area contributed by atoms with Crippen LogP contribution in [0, 0.1) is 5.92 Å². The predicted molar refractivity (Wildman–Crippen MR) is 78.9 cm³/mol. The van der Waals surface area contributed by atoms with E-state index in [0.717, 1.165) is 24.4 Å². The highest BCUT2D eigenvalue weighted by Gasteiger charge is 2.41. The Morgan fingerprint density at radius 3 is 3.05 bits per heavy atom. The van der Waals surface area contributed by atoms with Gasteiger partial charge in [0, 0.05) is 18.0 Å². The standard InChI is InChI=1S/C16H15N5O/c22-16-12(5-6-21-14(16)8-18-19-21)15-11-4-2-1-3-10(11)13-7-17-9-20(13)15/h1-4,7-9,12,15-16,22H,5-6H2/t12-,15?,16+/m1/s1.